The monoisotopic (exact) mass is 945 g/mol. The molecule has 3 fully saturated rings. The molecule has 7 rings (SSSR count). The fourth-order valence-corrected chi connectivity index (χ4v) is 9.43. The Morgan fingerprint density at radius 2 is 0.873 bits per heavy atom. The lowest BCUT2D eigenvalue weighted by atomic mass is 9.76. The van der Waals surface area contributed by atoms with Gasteiger partial charge in [0.1, 0.15) is 0 Å². The minimum absolute atomic E-state index is 0. The Hall–Kier alpha value is -3.12. The third-order valence-electron chi connectivity index (χ3n) is 13.2. The van der Waals surface area contributed by atoms with E-state index in [9.17, 15) is 5.11 Å². The summed E-state index contributed by atoms with van der Waals surface area (Å²) in [6, 6.07) is 34.4. The number of hydrogen-bond acceptors (Lipinski definition) is 3. The first-order valence-corrected chi connectivity index (χ1v) is 24.0. The van der Waals surface area contributed by atoms with E-state index in [0.29, 0.717) is 23.7 Å². The fourth-order valence-electron chi connectivity index (χ4n) is 9.01. The number of rotatable bonds is 8. The zero-order valence-electron chi connectivity index (χ0n) is 38.8. The number of aliphatic hydroxyl groups is 1. The van der Waals surface area contributed by atoms with E-state index in [1.807, 2.05) is 6.07 Å². The molecule has 7 heteroatoms. The van der Waals surface area contributed by atoms with Crippen LogP contribution < -0.4 is 5.73 Å². The van der Waals surface area contributed by atoms with Crippen LogP contribution in [-0.4, -0.2) is 5.11 Å². The molecule has 63 heavy (non-hydrogen) atoms. The maximum atomic E-state index is 10.6. The van der Waals surface area contributed by atoms with E-state index in [2.05, 4.69) is 172 Å². The molecule has 0 bridgehead atoms. The van der Waals surface area contributed by atoms with Gasteiger partial charge in [0.05, 0.1) is 11.1 Å². The Labute approximate surface area is 400 Å². The number of azide groups is 1. The summed E-state index contributed by atoms with van der Waals surface area (Å²) in [6.45, 7) is 17.7. The van der Waals surface area contributed by atoms with E-state index < -0.39 is 5.60 Å². The topological polar surface area (TPSA) is 95.0 Å². The average molecular weight is 947 g/mol. The Morgan fingerprint density at radius 1 is 0.524 bits per heavy atom. The molecule has 0 saturated heterocycles. The highest BCUT2D eigenvalue weighted by atomic mass is 79.9. The van der Waals surface area contributed by atoms with Crippen LogP contribution in [0.1, 0.15) is 229 Å². The van der Waals surface area contributed by atoms with E-state index in [1.165, 1.54) is 70.0 Å². The third-order valence-corrected chi connectivity index (χ3v) is 13.7. The largest absolute Gasteiger partial charge is 0.385 e. The molecule has 0 aliphatic heterocycles. The van der Waals surface area contributed by atoms with Crippen molar-refractivity contribution in [2.45, 2.75) is 207 Å². The molecule has 3 aliphatic rings. The van der Waals surface area contributed by atoms with Crippen LogP contribution in [0.4, 0.5) is 0 Å². The van der Waals surface area contributed by atoms with Gasteiger partial charge in [-0.05, 0) is 119 Å². The Balaban J connectivity index is 0.000000420. The summed E-state index contributed by atoms with van der Waals surface area (Å²) in [7, 11) is 0. The zero-order valence-corrected chi connectivity index (χ0v) is 41.2. The van der Waals surface area contributed by atoms with Gasteiger partial charge < -0.3 is 10.8 Å². The summed E-state index contributed by atoms with van der Waals surface area (Å²) in [5, 5.41) is 14.8. The van der Waals surface area contributed by atoms with E-state index >= 15 is 0 Å². The van der Waals surface area contributed by atoms with Gasteiger partial charge in [0.2, 0.25) is 0 Å². The highest BCUT2D eigenvalue weighted by molar-refractivity contribution is 9.10. The molecule has 4 aromatic carbocycles. The van der Waals surface area contributed by atoms with Crippen LogP contribution in [0.25, 0.3) is 10.4 Å². The summed E-state index contributed by atoms with van der Waals surface area (Å²) in [5.74, 6) is 2.26. The first-order chi connectivity index (χ1) is 28.6. The molecule has 3 saturated carbocycles. The van der Waals surface area contributed by atoms with Crippen molar-refractivity contribution in [1.29, 1.82) is 0 Å². The Morgan fingerprint density at radius 3 is 1.29 bits per heavy atom. The van der Waals surface area contributed by atoms with Crippen LogP contribution in [0, 0.1) is 0 Å². The first-order valence-electron chi connectivity index (χ1n) is 23.3. The second kappa shape index (κ2) is 28.0. The fraction of sp³-hybridized carbons (Fsp3) is 0.571. The summed E-state index contributed by atoms with van der Waals surface area (Å²) in [6.07, 6.45) is 17.2. The molecular weight excluding hydrogens is 860 g/mol. The molecule has 3 N–H and O–H groups in total. The van der Waals surface area contributed by atoms with Crippen LogP contribution in [-0.2, 0) is 16.7 Å². The van der Waals surface area contributed by atoms with Gasteiger partial charge in [-0.15, -0.1) is 12.4 Å². The second-order valence-electron chi connectivity index (χ2n) is 19.1. The summed E-state index contributed by atoms with van der Waals surface area (Å²) < 4.78 is 1.17. The van der Waals surface area contributed by atoms with Crippen LogP contribution in [0.15, 0.2) is 107 Å². The molecule has 0 radical (unpaired) electrons. The van der Waals surface area contributed by atoms with Crippen molar-refractivity contribution in [2.24, 2.45) is 10.8 Å². The standard InChI is InChI=1S/C15H21N3.C15H23N.C15H22O.C9H11Br.2CH4.ClH/c1-12(2)13-7-6-8-14(11-13)15(17-18-16)9-4-3-5-10-15;2*1-12(2)13-7-6-8-14(11-13)15(16)9-4-3-5-10-15;1-7(2)8-4-3-5-9(10)6-8;;;/h6-8,11-12H,3-5,9-10H2,1-2H3;6-8,11-12H,3-5,9-10,16H2,1-2H3;6-8,11-12,16H,3-5,9-10H2,1-2H3;3-7H,1-2H3;2*1H4;1H. The first kappa shape index (κ1) is 57.9. The maximum Gasteiger partial charge on any atom is 0.0896 e. The molecule has 0 aromatic heterocycles. The average Bonchev–Trinajstić information content (AvgIpc) is 3.25. The van der Waals surface area contributed by atoms with Gasteiger partial charge in [-0.1, -0.05) is 234 Å². The van der Waals surface area contributed by atoms with Crippen LogP contribution in [0.5, 0.6) is 0 Å². The van der Waals surface area contributed by atoms with Gasteiger partial charge in [-0.3, -0.25) is 0 Å². The quantitative estimate of drug-likeness (QED) is 0.105. The number of halogens is 2. The van der Waals surface area contributed by atoms with E-state index in [1.54, 1.807) is 0 Å². The van der Waals surface area contributed by atoms with Crippen LogP contribution >= 0.6 is 28.3 Å². The number of nitrogens with zero attached hydrogens (tertiary/aromatic N) is 3. The highest BCUT2D eigenvalue weighted by Gasteiger charge is 2.34. The second-order valence-corrected chi connectivity index (χ2v) is 20.1. The van der Waals surface area contributed by atoms with Gasteiger partial charge in [0, 0.05) is 14.9 Å². The molecule has 0 atom stereocenters. The lowest BCUT2D eigenvalue weighted by Crippen LogP contribution is -2.38. The van der Waals surface area contributed by atoms with Crippen molar-refractivity contribution in [1.82, 2.24) is 0 Å². The highest BCUT2D eigenvalue weighted by Crippen LogP contribution is 2.42. The van der Waals surface area contributed by atoms with Gasteiger partial charge in [0.15, 0.2) is 0 Å². The minimum Gasteiger partial charge on any atom is -0.385 e. The Kier molecular flexibility index (Phi) is 25.8. The molecular formula is C56H86BrClN4O. The number of benzene rings is 4. The van der Waals surface area contributed by atoms with Crippen molar-refractivity contribution < 1.29 is 5.11 Å². The van der Waals surface area contributed by atoms with Crippen LogP contribution in [0.2, 0.25) is 0 Å². The molecule has 0 spiro atoms. The molecule has 3 aliphatic carbocycles. The van der Waals surface area contributed by atoms with Gasteiger partial charge in [-0.25, -0.2) is 0 Å². The van der Waals surface area contributed by atoms with Gasteiger partial charge in [-0.2, -0.15) is 0 Å². The predicted octanol–water partition coefficient (Wildman–Crippen LogP) is 18.4. The van der Waals surface area contributed by atoms with Crippen molar-refractivity contribution in [3.8, 4) is 0 Å². The molecule has 4 aromatic rings. The lowest BCUT2D eigenvalue weighted by molar-refractivity contribution is -0.000702. The Bertz CT molecular complexity index is 1860. The van der Waals surface area contributed by atoms with E-state index in [-0.39, 0.29) is 38.3 Å². The van der Waals surface area contributed by atoms with E-state index in [4.69, 9.17) is 11.3 Å². The summed E-state index contributed by atoms with van der Waals surface area (Å²) in [5.41, 5.74) is 23.7. The zero-order chi connectivity index (χ0) is 43.8. The molecule has 0 heterocycles. The van der Waals surface area contributed by atoms with Crippen molar-refractivity contribution >= 4 is 28.3 Å². The molecule has 5 nitrogen and oxygen atoms in total. The molecule has 0 unspecified atom stereocenters. The predicted molar refractivity (Wildman–Crippen MR) is 280 cm³/mol. The van der Waals surface area contributed by atoms with Crippen molar-refractivity contribution in [3.63, 3.8) is 0 Å². The van der Waals surface area contributed by atoms with Crippen molar-refractivity contribution in [3.05, 3.63) is 151 Å². The lowest BCUT2D eigenvalue weighted by Gasteiger charge is -2.34. The van der Waals surface area contributed by atoms with Gasteiger partial charge >= 0.3 is 0 Å². The summed E-state index contributed by atoms with van der Waals surface area (Å²) >= 11 is 3.43. The third kappa shape index (κ3) is 17.3. The maximum absolute atomic E-state index is 10.6. The van der Waals surface area contributed by atoms with Gasteiger partial charge in [0.25, 0.3) is 0 Å². The SMILES string of the molecule is C.C.CC(C)c1cccc(Br)c1.CC(C)c1cccc(C2(N)CCCCC2)c1.CC(C)c1cccc(C2(N=[N+]=[N-])CCCCC2)c1.CC(C)c1cccc(C2(O)CCCCC2)c1.Cl. The smallest absolute Gasteiger partial charge is 0.0896 e. The number of nitrogens with two attached hydrogens (primary N) is 1. The van der Waals surface area contributed by atoms with Crippen LogP contribution in [0.3, 0.4) is 0 Å². The normalized spacial score (nSPS) is 17.1. The van der Waals surface area contributed by atoms with Crippen molar-refractivity contribution in [2.75, 3.05) is 0 Å². The summed E-state index contributed by atoms with van der Waals surface area (Å²) in [4.78, 5) is 3.11. The minimum atomic E-state index is -0.552. The molecule has 350 valence electrons. The van der Waals surface area contributed by atoms with E-state index in [0.717, 1.165) is 69.8 Å². The molecule has 0 amide bonds. The number of hydrogen-bond donors (Lipinski definition) is 2.